The molecule has 2 aromatic carbocycles. The third-order valence-electron chi connectivity index (χ3n) is 6.45. The lowest BCUT2D eigenvalue weighted by atomic mass is 9.98. The highest BCUT2D eigenvalue weighted by atomic mass is 32.2. The Hall–Kier alpha value is -4.35. The number of methoxy groups -OCH3 is 1. The molecule has 0 amide bonds. The average molecular weight is 532 g/mol. The number of ketones is 1. The van der Waals surface area contributed by atoms with Crippen LogP contribution < -0.4 is 0 Å². The Bertz CT molecular complexity index is 1820. The zero-order valence-electron chi connectivity index (χ0n) is 21.2. The van der Waals surface area contributed by atoms with Gasteiger partial charge in [-0.25, -0.2) is 13.8 Å². The molecule has 0 unspecified atom stereocenters. The topological polar surface area (TPSA) is 116 Å². The van der Waals surface area contributed by atoms with Gasteiger partial charge in [-0.2, -0.15) is 12.7 Å². The summed E-state index contributed by atoms with van der Waals surface area (Å²) in [5.41, 5.74) is 3.47. The van der Waals surface area contributed by atoms with Gasteiger partial charge >= 0.3 is 16.2 Å². The summed E-state index contributed by atoms with van der Waals surface area (Å²) < 4.78 is 35.1. The molecule has 0 fully saturated rings. The van der Waals surface area contributed by atoms with E-state index >= 15 is 0 Å². The summed E-state index contributed by atoms with van der Waals surface area (Å²) >= 11 is 0. The van der Waals surface area contributed by atoms with Gasteiger partial charge in [0.15, 0.2) is 5.78 Å². The van der Waals surface area contributed by atoms with Crippen molar-refractivity contribution in [3.05, 3.63) is 95.2 Å². The van der Waals surface area contributed by atoms with Gasteiger partial charge in [-0.1, -0.05) is 30.3 Å². The lowest BCUT2D eigenvalue weighted by molar-refractivity contribution is 0.0603. The van der Waals surface area contributed by atoms with Gasteiger partial charge in [-0.05, 0) is 30.7 Å². The first-order valence-electron chi connectivity index (χ1n) is 11.7. The zero-order valence-corrected chi connectivity index (χ0v) is 22.1. The fraction of sp³-hybridized carbons (Fsp3) is 0.185. The number of hydrogen-bond donors (Lipinski definition) is 0. The molecule has 0 saturated carbocycles. The Morgan fingerprint density at radius 1 is 1.00 bits per heavy atom. The van der Waals surface area contributed by atoms with Crippen LogP contribution in [-0.4, -0.2) is 64.2 Å². The molecule has 5 aromatic rings. The standard InChI is InChI=1S/C27H25N5O5S/c1-17-29-22-14-28-13-12-23(22)31(17)15-18-8-10-19(11-9-18)26(33)21-16-32(38(35,36)30(2)3)24-7-5-6-20(25(21)24)27(34)37-4/h5-14,16H,15H2,1-4H3. The Labute approximate surface area is 219 Å². The molecule has 11 heteroatoms. The number of imidazole rings is 1. The Morgan fingerprint density at radius 3 is 2.42 bits per heavy atom. The van der Waals surface area contributed by atoms with Crippen molar-refractivity contribution in [2.45, 2.75) is 13.5 Å². The van der Waals surface area contributed by atoms with Gasteiger partial charge in [0, 0.05) is 44.0 Å². The predicted molar refractivity (Wildman–Crippen MR) is 143 cm³/mol. The fourth-order valence-corrected chi connectivity index (χ4v) is 5.47. The number of carbonyl (C=O) groups is 2. The molecule has 0 aliphatic carbocycles. The van der Waals surface area contributed by atoms with E-state index in [0.29, 0.717) is 12.1 Å². The number of aromatic nitrogens is 4. The van der Waals surface area contributed by atoms with Gasteiger partial charge in [0.05, 0.1) is 35.5 Å². The first-order chi connectivity index (χ1) is 18.1. The minimum atomic E-state index is -3.97. The van der Waals surface area contributed by atoms with Crippen LogP contribution >= 0.6 is 0 Å². The summed E-state index contributed by atoms with van der Waals surface area (Å²) in [6.45, 7) is 2.47. The highest BCUT2D eigenvalue weighted by Crippen LogP contribution is 2.30. The lowest BCUT2D eigenvalue weighted by Gasteiger charge is -2.13. The summed E-state index contributed by atoms with van der Waals surface area (Å²) in [7, 11) is 0.0521. The monoisotopic (exact) mass is 531 g/mol. The molecule has 0 aliphatic heterocycles. The summed E-state index contributed by atoms with van der Waals surface area (Å²) in [4.78, 5) is 34.9. The van der Waals surface area contributed by atoms with Crippen LogP contribution in [0.5, 0.6) is 0 Å². The van der Waals surface area contributed by atoms with Gasteiger partial charge in [0.1, 0.15) is 11.3 Å². The Balaban J connectivity index is 1.57. The van der Waals surface area contributed by atoms with Crippen molar-refractivity contribution >= 4 is 43.9 Å². The number of aryl methyl sites for hydroxylation is 1. The van der Waals surface area contributed by atoms with E-state index in [1.165, 1.54) is 33.5 Å². The fourth-order valence-electron chi connectivity index (χ4n) is 4.48. The number of fused-ring (bicyclic) bond motifs is 2. The highest BCUT2D eigenvalue weighted by molar-refractivity contribution is 7.87. The van der Waals surface area contributed by atoms with Crippen LogP contribution in [0, 0.1) is 6.92 Å². The van der Waals surface area contributed by atoms with E-state index in [2.05, 4.69) is 14.5 Å². The molecule has 3 aromatic heterocycles. The molecule has 0 atom stereocenters. The largest absolute Gasteiger partial charge is 0.465 e. The Morgan fingerprint density at radius 2 is 1.74 bits per heavy atom. The molecule has 0 spiro atoms. The van der Waals surface area contributed by atoms with Crippen LogP contribution in [0.3, 0.4) is 0 Å². The molecule has 0 N–H and O–H groups in total. The molecule has 194 valence electrons. The van der Waals surface area contributed by atoms with Gasteiger partial charge < -0.3 is 9.30 Å². The molecule has 0 bridgehead atoms. The quantitative estimate of drug-likeness (QED) is 0.233. The summed E-state index contributed by atoms with van der Waals surface area (Å²) in [5.74, 6) is -0.238. The number of ether oxygens (including phenoxy) is 1. The SMILES string of the molecule is COC(=O)c1cccc2c1c(C(=O)c1ccc(Cn3c(C)nc4cnccc43)cc1)cn2S(=O)(=O)N(C)C. The molecule has 5 rings (SSSR count). The van der Waals surface area contributed by atoms with Crippen LogP contribution in [0.4, 0.5) is 0 Å². The van der Waals surface area contributed by atoms with Gasteiger partial charge in [-0.3, -0.25) is 9.78 Å². The molecule has 0 aliphatic rings. The molecule has 3 heterocycles. The lowest BCUT2D eigenvalue weighted by Crippen LogP contribution is -2.28. The first kappa shape index (κ1) is 25.3. The van der Waals surface area contributed by atoms with E-state index in [-0.39, 0.29) is 22.0 Å². The van der Waals surface area contributed by atoms with Crippen molar-refractivity contribution in [3.63, 3.8) is 0 Å². The van der Waals surface area contributed by atoms with E-state index in [9.17, 15) is 18.0 Å². The van der Waals surface area contributed by atoms with E-state index in [4.69, 9.17) is 4.74 Å². The summed E-state index contributed by atoms with van der Waals surface area (Å²) in [6, 6.07) is 13.6. The molecular weight excluding hydrogens is 506 g/mol. The Kier molecular flexibility index (Phi) is 6.33. The second kappa shape index (κ2) is 9.51. The number of rotatable bonds is 7. The van der Waals surface area contributed by atoms with Crippen LogP contribution in [0.15, 0.2) is 67.1 Å². The van der Waals surface area contributed by atoms with Gasteiger partial charge in [0.25, 0.3) is 0 Å². The van der Waals surface area contributed by atoms with Gasteiger partial charge in [0.2, 0.25) is 0 Å². The number of esters is 1. The minimum Gasteiger partial charge on any atom is -0.465 e. The highest BCUT2D eigenvalue weighted by Gasteiger charge is 2.27. The van der Waals surface area contributed by atoms with Crippen molar-refractivity contribution in [3.8, 4) is 0 Å². The van der Waals surface area contributed by atoms with Crippen LogP contribution in [0.2, 0.25) is 0 Å². The maximum absolute atomic E-state index is 13.7. The molecule has 0 saturated heterocycles. The zero-order chi connectivity index (χ0) is 27.2. The number of benzene rings is 2. The second-order valence-electron chi connectivity index (χ2n) is 8.96. The van der Waals surface area contributed by atoms with Crippen molar-refractivity contribution < 1.29 is 22.7 Å². The van der Waals surface area contributed by atoms with E-state index < -0.39 is 22.0 Å². The van der Waals surface area contributed by atoms with E-state index in [0.717, 1.165) is 30.7 Å². The number of hydrogen-bond acceptors (Lipinski definition) is 7. The molecule has 38 heavy (non-hydrogen) atoms. The van der Waals surface area contributed by atoms with Crippen molar-refractivity contribution in [2.75, 3.05) is 21.2 Å². The number of nitrogens with zero attached hydrogens (tertiary/aromatic N) is 5. The minimum absolute atomic E-state index is 0.0862. The average Bonchev–Trinajstić information content (AvgIpc) is 3.46. The van der Waals surface area contributed by atoms with E-state index in [1.54, 1.807) is 36.7 Å². The summed E-state index contributed by atoms with van der Waals surface area (Å²) in [6.07, 6.45) is 4.70. The molecule has 10 nitrogen and oxygen atoms in total. The second-order valence-corrected chi connectivity index (χ2v) is 11.0. The van der Waals surface area contributed by atoms with Crippen LogP contribution in [0.1, 0.15) is 37.7 Å². The van der Waals surface area contributed by atoms with Crippen molar-refractivity contribution in [1.29, 1.82) is 0 Å². The first-order valence-corrected chi connectivity index (χ1v) is 13.1. The van der Waals surface area contributed by atoms with E-state index in [1.807, 2.05) is 25.1 Å². The molecular formula is C27H25N5O5S. The predicted octanol–water partition coefficient (Wildman–Crippen LogP) is 3.41. The summed E-state index contributed by atoms with van der Waals surface area (Å²) in [5, 5.41) is 0.216. The van der Waals surface area contributed by atoms with Crippen molar-refractivity contribution in [1.82, 2.24) is 22.8 Å². The third kappa shape index (κ3) is 4.15. The maximum atomic E-state index is 13.7. The molecule has 0 radical (unpaired) electrons. The maximum Gasteiger partial charge on any atom is 0.338 e. The third-order valence-corrected chi connectivity index (χ3v) is 8.18. The van der Waals surface area contributed by atoms with Crippen LogP contribution in [-0.2, 0) is 21.5 Å². The van der Waals surface area contributed by atoms with Gasteiger partial charge in [-0.15, -0.1) is 0 Å². The van der Waals surface area contributed by atoms with Crippen LogP contribution in [0.25, 0.3) is 21.9 Å². The number of carbonyl (C=O) groups excluding carboxylic acids is 2. The smallest absolute Gasteiger partial charge is 0.338 e. The normalized spacial score (nSPS) is 11.9. The number of pyridine rings is 1. The van der Waals surface area contributed by atoms with Crippen molar-refractivity contribution in [2.24, 2.45) is 0 Å².